The van der Waals surface area contributed by atoms with Crippen LogP contribution in [0.4, 0.5) is 5.13 Å². The van der Waals surface area contributed by atoms with Gasteiger partial charge in [0.1, 0.15) is 5.75 Å². The number of carbonyl (C=O) groups is 1. The largest absolute Gasteiger partial charge is 0.494 e. The Morgan fingerprint density at radius 1 is 1.00 bits per heavy atom. The van der Waals surface area contributed by atoms with Crippen LogP contribution in [0.25, 0.3) is 10.2 Å². The molecule has 1 amide bonds. The van der Waals surface area contributed by atoms with Gasteiger partial charge in [0.05, 0.1) is 16.8 Å². The van der Waals surface area contributed by atoms with Crippen molar-refractivity contribution in [2.45, 2.75) is 47.0 Å². The van der Waals surface area contributed by atoms with Crippen LogP contribution in [0.5, 0.6) is 5.75 Å². The fourth-order valence-corrected chi connectivity index (χ4v) is 4.62. The first-order valence-corrected chi connectivity index (χ1v) is 12.3. The van der Waals surface area contributed by atoms with E-state index in [1.165, 1.54) is 16.9 Å². The molecule has 0 radical (unpaired) electrons. The van der Waals surface area contributed by atoms with Gasteiger partial charge in [-0.15, -0.1) is 0 Å². The van der Waals surface area contributed by atoms with E-state index in [0.29, 0.717) is 18.7 Å². The van der Waals surface area contributed by atoms with Crippen LogP contribution in [0.2, 0.25) is 0 Å². The van der Waals surface area contributed by atoms with Crippen LogP contribution < -0.4 is 9.64 Å². The lowest BCUT2D eigenvalue weighted by Crippen LogP contribution is -2.38. The molecule has 3 rings (SSSR count). The summed E-state index contributed by atoms with van der Waals surface area (Å²) < 4.78 is 6.66. The Kier molecular flexibility index (Phi) is 7.91. The Balaban J connectivity index is 1.94. The van der Waals surface area contributed by atoms with Gasteiger partial charge in [-0.05, 0) is 61.3 Å². The van der Waals surface area contributed by atoms with Gasteiger partial charge in [0.2, 0.25) is 0 Å². The lowest BCUT2D eigenvalue weighted by Gasteiger charge is -2.25. The van der Waals surface area contributed by atoms with Crippen LogP contribution in [0.3, 0.4) is 0 Å². The number of fused-ring (bicyclic) bond motifs is 1. The summed E-state index contributed by atoms with van der Waals surface area (Å²) in [4.78, 5) is 22.5. The second-order valence-corrected chi connectivity index (χ2v) is 9.88. The molecule has 0 atom stereocenters. The number of hydrogen-bond acceptors (Lipinski definition) is 5. The normalized spacial score (nSPS) is 11.8. The third-order valence-corrected chi connectivity index (χ3v) is 6.71. The van der Waals surface area contributed by atoms with E-state index in [9.17, 15) is 4.79 Å². The fourth-order valence-electron chi connectivity index (χ4n) is 3.60. The first-order valence-electron chi connectivity index (χ1n) is 11.4. The number of anilines is 1. The van der Waals surface area contributed by atoms with E-state index < -0.39 is 0 Å². The number of hydrogen-bond donors (Lipinski definition) is 0. The molecule has 0 aliphatic rings. The molecule has 172 valence electrons. The molecule has 3 aromatic rings. The quantitative estimate of drug-likeness (QED) is 0.400. The zero-order valence-electron chi connectivity index (χ0n) is 20.1. The zero-order chi connectivity index (χ0) is 23.3. The van der Waals surface area contributed by atoms with Crippen molar-refractivity contribution < 1.29 is 9.53 Å². The molecular formula is C26H35N3O2S. The number of likely N-dealkylation sites (N-methyl/N-ethyl adjacent to an activating group) is 1. The molecule has 1 aromatic heterocycles. The number of amides is 1. The van der Waals surface area contributed by atoms with E-state index in [1.807, 2.05) is 42.2 Å². The van der Waals surface area contributed by atoms with Crippen molar-refractivity contribution in [1.29, 1.82) is 0 Å². The number of benzene rings is 2. The van der Waals surface area contributed by atoms with Gasteiger partial charge in [0.25, 0.3) is 5.91 Å². The third-order valence-electron chi connectivity index (χ3n) is 5.67. The maximum absolute atomic E-state index is 13.6. The summed E-state index contributed by atoms with van der Waals surface area (Å²) in [6.45, 7) is 16.7. The molecule has 0 saturated heterocycles. The maximum atomic E-state index is 13.6. The number of ether oxygens (including phenoxy) is 1. The van der Waals surface area contributed by atoms with Crippen LogP contribution in [0.15, 0.2) is 42.5 Å². The summed E-state index contributed by atoms with van der Waals surface area (Å²) in [5.74, 6) is 0.815. The summed E-state index contributed by atoms with van der Waals surface area (Å²) in [7, 11) is 0. The van der Waals surface area contributed by atoms with Gasteiger partial charge in [-0.25, -0.2) is 4.98 Å². The highest BCUT2D eigenvalue weighted by Gasteiger charge is 2.23. The highest BCUT2D eigenvalue weighted by molar-refractivity contribution is 7.22. The molecule has 0 aliphatic heterocycles. The highest BCUT2D eigenvalue weighted by Crippen LogP contribution is 2.32. The van der Waals surface area contributed by atoms with Crippen molar-refractivity contribution >= 4 is 32.6 Å². The van der Waals surface area contributed by atoms with E-state index in [2.05, 4.69) is 51.7 Å². The summed E-state index contributed by atoms with van der Waals surface area (Å²) in [5, 5.41) is 0.728. The van der Waals surface area contributed by atoms with Gasteiger partial charge >= 0.3 is 0 Å². The summed E-state index contributed by atoms with van der Waals surface area (Å²) in [5.41, 5.74) is 2.84. The van der Waals surface area contributed by atoms with E-state index >= 15 is 0 Å². The third kappa shape index (κ3) is 5.67. The van der Waals surface area contributed by atoms with Crippen molar-refractivity contribution in [3.05, 3.63) is 53.6 Å². The number of nitrogens with zero attached hydrogens (tertiary/aromatic N) is 3. The van der Waals surface area contributed by atoms with E-state index in [1.54, 1.807) is 0 Å². The monoisotopic (exact) mass is 453 g/mol. The SMILES string of the molecule is CCOc1ccc2nc(N(CCN(CC)CC)C(=O)c3ccc(C(C)(C)C)cc3)sc2c1. The molecule has 2 aromatic carbocycles. The predicted octanol–water partition coefficient (Wildman–Crippen LogP) is 5.98. The average molecular weight is 454 g/mol. The van der Waals surface area contributed by atoms with Crippen molar-refractivity contribution in [2.24, 2.45) is 0 Å². The molecule has 0 saturated carbocycles. The Bertz CT molecular complexity index is 1030. The highest BCUT2D eigenvalue weighted by atomic mass is 32.1. The minimum Gasteiger partial charge on any atom is -0.494 e. The van der Waals surface area contributed by atoms with Crippen molar-refractivity contribution in [1.82, 2.24) is 9.88 Å². The second kappa shape index (κ2) is 10.5. The summed E-state index contributed by atoms with van der Waals surface area (Å²) in [6.07, 6.45) is 0. The maximum Gasteiger partial charge on any atom is 0.260 e. The number of thiazole rings is 1. The molecule has 0 aliphatic carbocycles. The Morgan fingerprint density at radius 2 is 1.69 bits per heavy atom. The summed E-state index contributed by atoms with van der Waals surface area (Å²) >= 11 is 1.54. The molecule has 5 nitrogen and oxygen atoms in total. The first kappa shape index (κ1) is 24.2. The number of carbonyl (C=O) groups excluding carboxylic acids is 1. The van der Waals surface area contributed by atoms with E-state index in [-0.39, 0.29) is 11.3 Å². The Hall–Kier alpha value is -2.44. The van der Waals surface area contributed by atoms with Gasteiger partial charge in [-0.3, -0.25) is 9.69 Å². The zero-order valence-corrected chi connectivity index (χ0v) is 21.0. The number of rotatable bonds is 9. The van der Waals surface area contributed by atoms with E-state index in [0.717, 1.165) is 40.7 Å². The van der Waals surface area contributed by atoms with Crippen LogP contribution in [-0.2, 0) is 5.41 Å². The fraction of sp³-hybridized carbons (Fsp3) is 0.462. The van der Waals surface area contributed by atoms with Gasteiger partial charge < -0.3 is 9.64 Å². The van der Waals surface area contributed by atoms with Crippen molar-refractivity contribution in [2.75, 3.05) is 37.7 Å². The molecule has 6 heteroatoms. The van der Waals surface area contributed by atoms with Gasteiger partial charge in [0.15, 0.2) is 5.13 Å². The summed E-state index contributed by atoms with van der Waals surface area (Å²) in [6, 6.07) is 13.9. The van der Waals surface area contributed by atoms with Crippen LogP contribution >= 0.6 is 11.3 Å². The van der Waals surface area contributed by atoms with Gasteiger partial charge in [0, 0.05) is 18.7 Å². The molecular weight excluding hydrogens is 418 g/mol. The standard InChI is InChI=1S/C26H35N3O2S/c1-7-28(8-2)16-17-29(24(30)19-10-12-20(13-11-19)26(4,5)6)25-27-22-15-14-21(31-9-3)18-23(22)32-25/h10-15,18H,7-9,16-17H2,1-6H3. The molecule has 32 heavy (non-hydrogen) atoms. The molecule has 0 bridgehead atoms. The average Bonchev–Trinajstić information content (AvgIpc) is 3.19. The Labute approximate surface area is 196 Å². The Morgan fingerprint density at radius 3 is 2.28 bits per heavy atom. The smallest absolute Gasteiger partial charge is 0.260 e. The molecule has 0 N–H and O–H groups in total. The lowest BCUT2D eigenvalue weighted by atomic mass is 9.86. The van der Waals surface area contributed by atoms with Gasteiger partial charge in [-0.1, -0.05) is 58.1 Å². The van der Waals surface area contributed by atoms with Crippen LogP contribution in [0.1, 0.15) is 57.5 Å². The predicted molar refractivity (Wildman–Crippen MR) is 135 cm³/mol. The molecule has 1 heterocycles. The van der Waals surface area contributed by atoms with Gasteiger partial charge in [-0.2, -0.15) is 0 Å². The number of aromatic nitrogens is 1. The molecule has 0 unspecified atom stereocenters. The van der Waals surface area contributed by atoms with Crippen molar-refractivity contribution in [3.63, 3.8) is 0 Å². The first-order chi connectivity index (χ1) is 15.3. The van der Waals surface area contributed by atoms with E-state index in [4.69, 9.17) is 9.72 Å². The minimum atomic E-state index is -0.0123. The second-order valence-electron chi connectivity index (χ2n) is 8.87. The van der Waals surface area contributed by atoms with Crippen LogP contribution in [0, 0.1) is 0 Å². The topological polar surface area (TPSA) is 45.7 Å². The minimum absolute atomic E-state index is 0.0123. The molecule has 0 spiro atoms. The lowest BCUT2D eigenvalue weighted by molar-refractivity contribution is 0.0983. The van der Waals surface area contributed by atoms with Crippen LogP contribution in [-0.4, -0.2) is 48.6 Å². The molecule has 0 fully saturated rings. The van der Waals surface area contributed by atoms with Crippen molar-refractivity contribution in [3.8, 4) is 5.75 Å².